The summed E-state index contributed by atoms with van der Waals surface area (Å²) in [6.07, 6.45) is 0.751. The van der Waals surface area contributed by atoms with Crippen LogP contribution in [0.15, 0.2) is 30.3 Å². The second-order valence-corrected chi connectivity index (χ2v) is 5.95. The number of nitrogens with one attached hydrogen (secondary N) is 1. The number of carbonyl (C=O) groups is 1. The van der Waals surface area contributed by atoms with E-state index in [1.807, 2.05) is 0 Å². The lowest BCUT2D eigenvalue weighted by molar-refractivity contribution is -0.385. The van der Waals surface area contributed by atoms with Gasteiger partial charge in [-0.25, -0.2) is 0 Å². The van der Waals surface area contributed by atoms with Gasteiger partial charge in [-0.05, 0) is 13.0 Å². The molecule has 7 nitrogen and oxygen atoms in total. The van der Waals surface area contributed by atoms with Gasteiger partial charge in [0.05, 0.1) is 28.8 Å². The van der Waals surface area contributed by atoms with Crippen LogP contribution >= 0.6 is 11.6 Å². The Morgan fingerprint density at radius 2 is 1.88 bits per heavy atom. The van der Waals surface area contributed by atoms with E-state index in [4.69, 9.17) is 21.1 Å². The highest BCUT2D eigenvalue weighted by Gasteiger charge is 2.18. The number of amides is 1. The summed E-state index contributed by atoms with van der Waals surface area (Å²) < 4.78 is 11.1. The topological polar surface area (TPSA) is 90.7 Å². The Morgan fingerprint density at radius 3 is 2.56 bits per heavy atom. The van der Waals surface area contributed by atoms with Gasteiger partial charge >= 0.3 is 0 Å². The molecule has 130 valence electrons. The number of nitro groups is 1. The van der Waals surface area contributed by atoms with Crippen molar-refractivity contribution in [1.82, 2.24) is 0 Å². The van der Waals surface area contributed by atoms with Crippen molar-refractivity contribution in [3.05, 3.63) is 56.6 Å². The number of carbonyl (C=O) groups excluding carboxylic acids is 1. The first-order chi connectivity index (χ1) is 12.0. The molecular formula is C17H15ClN2O5. The molecule has 1 N–H and O–H groups in total. The summed E-state index contributed by atoms with van der Waals surface area (Å²) in [4.78, 5) is 22.9. The van der Waals surface area contributed by atoms with Crippen molar-refractivity contribution in [3.8, 4) is 11.5 Å². The van der Waals surface area contributed by atoms with Crippen molar-refractivity contribution in [2.75, 3.05) is 18.5 Å². The fourth-order valence-electron chi connectivity index (χ4n) is 2.42. The standard InChI is InChI=1S/C17H15ClN2O5/c1-10-3-4-11(7-14(10)20(22)23)17(21)19-13-9-16-15(8-12(13)18)24-5-2-6-25-16/h3-4,7-9H,2,5-6H2,1H3,(H,19,21). The summed E-state index contributed by atoms with van der Waals surface area (Å²) in [7, 11) is 0. The second-order valence-electron chi connectivity index (χ2n) is 5.54. The number of hydrogen-bond acceptors (Lipinski definition) is 5. The summed E-state index contributed by atoms with van der Waals surface area (Å²) in [5, 5.41) is 14.0. The zero-order valence-electron chi connectivity index (χ0n) is 13.4. The van der Waals surface area contributed by atoms with E-state index in [1.54, 1.807) is 19.1 Å². The van der Waals surface area contributed by atoms with Crippen molar-refractivity contribution in [2.45, 2.75) is 13.3 Å². The van der Waals surface area contributed by atoms with Gasteiger partial charge in [0.1, 0.15) is 0 Å². The quantitative estimate of drug-likeness (QED) is 0.659. The van der Waals surface area contributed by atoms with Crippen molar-refractivity contribution in [2.24, 2.45) is 0 Å². The average molecular weight is 363 g/mol. The van der Waals surface area contributed by atoms with Gasteiger partial charge in [0.25, 0.3) is 11.6 Å². The molecule has 0 aromatic heterocycles. The third-order valence-corrected chi connectivity index (χ3v) is 4.07. The minimum absolute atomic E-state index is 0.114. The van der Waals surface area contributed by atoms with E-state index in [0.717, 1.165) is 6.42 Å². The predicted octanol–water partition coefficient (Wildman–Crippen LogP) is 3.97. The Kier molecular flexibility index (Phi) is 4.76. The van der Waals surface area contributed by atoms with Crippen LogP contribution in [0.25, 0.3) is 0 Å². The molecule has 0 unspecified atom stereocenters. The first-order valence-electron chi connectivity index (χ1n) is 7.61. The molecule has 2 aromatic rings. The first-order valence-corrected chi connectivity index (χ1v) is 7.99. The molecule has 25 heavy (non-hydrogen) atoms. The monoisotopic (exact) mass is 362 g/mol. The summed E-state index contributed by atoms with van der Waals surface area (Å²) >= 11 is 6.19. The lowest BCUT2D eigenvalue weighted by atomic mass is 10.1. The van der Waals surface area contributed by atoms with Gasteiger partial charge in [0, 0.05) is 35.7 Å². The van der Waals surface area contributed by atoms with E-state index in [2.05, 4.69) is 5.32 Å². The van der Waals surface area contributed by atoms with Gasteiger partial charge in [0.2, 0.25) is 0 Å². The summed E-state index contributed by atoms with van der Waals surface area (Å²) in [5.41, 5.74) is 0.882. The molecule has 0 saturated carbocycles. The van der Waals surface area contributed by atoms with Crippen LogP contribution in [-0.2, 0) is 0 Å². The number of halogens is 1. The number of aryl methyl sites for hydroxylation is 1. The molecule has 1 heterocycles. The molecule has 0 atom stereocenters. The number of anilines is 1. The van der Waals surface area contributed by atoms with Crippen molar-refractivity contribution in [1.29, 1.82) is 0 Å². The van der Waals surface area contributed by atoms with E-state index in [9.17, 15) is 14.9 Å². The van der Waals surface area contributed by atoms with Crippen LogP contribution in [0, 0.1) is 17.0 Å². The molecule has 0 radical (unpaired) electrons. The van der Waals surface area contributed by atoms with E-state index >= 15 is 0 Å². The van der Waals surface area contributed by atoms with Crippen LogP contribution in [0.3, 0.4) is 0 Å². The lowest BCUT2D eigenvalue weighted by Gasteiger charge is -2.12. The van der Waals surface area contributed by atoms with Crippen LogP contribution < -0.4 is 14.8 Å². The van der Waals surface area contributed by atoms with Gasteiger partial charge in [-0.2, -0.15) is 0 Å². The summed E-state index contributed by atoms with van der Waals surface area (Å²) in [6, 6.07) is 7.46. The smallest absolute Gasteiger partial charge is 0.273 e. The van der Waals surface area contributed by atoms with Gasteiger partial charge in [0.15, 0.2) is 11.5 Å². The largest absolute Gasteiger partial charge is 0.490 e. The number of rotatable bonds is 3. The van der Waals surface area contributed by atoms with Gasteiger partial charge in [-0.3, -0.25) is 14.9 Å². The maximum Gasteiger partial charge on any atom is 0.273 e. The highest BCUT2D eigenvalue weighted by Crippen LogP contribution is 2.37. The van der Waals surface area contributed by atoms with Crippen LogP contribution in [-0.4, -0.2) is 24.0 Å². The van der Waals surface area contributed by atoms with Gasteiger partial charge in [-0.15, -0.1) is 0 Å². The third-order valence-electron chi connectivity index (χ3n) is 3.75. The molecule has 0 fully saturated rings. The van der Waals surface area contributed by atoms with E-state index < -0.39 is 10.8 Å². The highest BCUT2D eigenvalue weighted by atomic mass is 35.5. The highest BCUT2D eigenvalue weighted by molar-refractivity contribution is 6.34. The normalized spacial score (nSPS) is 13.0. The number of nitro benzene ring substituents is 1. The molecule has 3 rings (SSSR count). The van der Waals surface area contributed by atoms with E-state index in [1.165, 1.54) is 18.2 Å². The number of nitrogens with zero attached hydrogens (tertiary/aromatic N) is 1. The Morgan fingerprint density at radius 1 is 1.20 bits per heavy atom. The Bertz CT molecular complexity index is 853. The Balaban J connectivity index is 1.87. The molecule has 0 aliphatic carbocycles. The van der Waals surface area contributed by atoms with Crippen molar-refractivity contribution < 1.29 is 19.2 Å². The fraction of sp³-hybridized carbons (Fsp3) is 0.235. The zero-order chi connectivity index (χ0) is 18.0. The fourth-order valence-corrected chi connectivity index (χ4v) is 2.62. The van der Waals surface area contributed by atoms with Crippen LogP contribution in [0.2, 0.25) is 5.02 Å². The molecule has 0 saturated heterocycles. The maximum absolute atomic E-state index is 12.4. The molecule has 0 spiro atoms. The number of ether oxygens (including phenoxy) is 2. The average Bonchev–Trinajstić information content (AvgIpc) is 2.80. The molecule has 0 bridgehead atoms. The van der Waals surface area contributed by atoms with Crippen LogP contribution in [0.5, 0.6) is 11.5 Å². The minimum Gasteiger partial charge on any atom is -0.490 e. The van der Waals surface area contributed by atoms with Gasteiger partial charge in [-0.1, -0.05) is 17.7 Å². The SMILES string of the molecule is Cc1ccc(C(=O)Nc2cc3c(cc2Cl)OCCCO3)cc1[N+](=O)[O-]. The molecule has 8 heteroatoms. The Labute approximate surface area is 148 Å². The molecule has 1 aliphatic rings. The Hall–Kier alpha value is -2.80. The van der Waals surface area contributed by atoms with Crippen molar-refractivity contribution >= 4 is 28.9 Å². The zero-order valence-corrected chi connectivity index (χ0v) is 14.1. The maximum atomic E-state index is 12.4. The summed E-state index contributed by atoms with van der Waals surface area (Å²) in [5.74, 6) is 0.512. The summed E-state index contributed by atoms with van der Waals surface area (Å²) in [6.45, 7) is 2.65. The number of benzene rings is 2. The predicted molar refractivity (Wildman–Crippen MR) is 92.8 cm³/mol. The first kappa shape index (κ1) is 17.0. The molecular weight excluding hydrogens is 348 g/mol. The minimum atomic E-state index is -0.521. The number of hydrogen-bond donors (Lipinski definition) is 1. The van der Waals surface area contributed by atoms with E-state index in [-0.39, 0.29) is 11.3 Å². The molecule has 1 aliphatic heterocycles. The van der Waals surface area contributed by atoms with E-state index in [0.29, 0.717) is 41.0 Å². The van der Waals surface area contributed by atoms with Crippen LogP contribution in [0.4, 0.5) is 11.4 Å². The van der Waals surface area contributed by atoms with Crippen LogP contribution in [0.1, 0.15) is 22.3 Å². The molecule has 2 aromatic carbocycles. The lowest BCUT2D eigenvalue weighted by Crippen LogP contribution is -2.13. The number of fused-ring (bicyclic) bond motifs is 1. The molecule has 1 amide bonds. The third kappa shape index (κ3) is 3.66. The van der Waals surface area contributed by atoms with Crippen molar-refractivity contribution in [3.63, 3.8) is 0 Å². The van der Waals surface area contributed by atoms with Gasteiger partial charge < -0.3 is 14.8 Å². The second kappa shape index (κ2) is 6.98.